The number of nitrogens with zero attached hydrogens (tertiary/aromatic N) is 4. The maximum absolute atomic E-state index is 14.0. The lowest BCUT2D eigenvalue weighted by Gasteiger charge is -2.38. The van der Waals surface area contributed by atoms with Crippen LogP contribution in [0.4, 0.5) is 9.59 Å². The molecular formula is C50H72N4O12. The number of hydrogen-bond acceptors (Lipinski definition) is 14. The van der Waals surface area contributed by atoms with Gasteiger partial charge in [-0.25, -0.2) is 9.59 Å². The predicted molar refractivity (Wildman–Crippen MR) is 249 cm³/mol. The molecule has 2 amide bonds. The molecule has 1 fully saturated rings. The third-order valence-corrected chi connectivity index (χ3v) is 11.0. The predicted octanol–water partition coefficient (Wildman–Crippen LogP) is 6.23. The minimum absolute atomic E-state index is 0.0186. The molecule has 0 unspecified atom stereocenters. The van der Waals surface area contributed by atoms with Crippen LogP contribution in [0.5, 0.6) is 5.75 Å². The van der Waals surface area contributed by atoms with Crippen molar-refractivity contribution in [1.29, 1.82) is 0 Å². The lowest BCUT2D eigenvalue weighted by molar-refractivity contribution is -0.152. The molecule has 1 aliphatic rings. The van der Waals surface area contributed by atoms with E-state index in [2.05, 4.69) is 0 Å². The normalized spacial score (nSPS) is 15.4. The summed E-state index contributed by atoms with van der Waals surface area (Å²) in [5.41, 5.74) is 2.19. The minimum Gasteiger partial charge on any atom is -0.491 e. The van der Waals surface area contributed by atoms with Crippen molar-refractivity contribution in [2.24, 2.45) is 0 Å². The third kappa shape index (κ3) is 19.7. The molecule has 1 heterocycles. The molecule has 0 radical (unpaired) electrons. The fourth-order valence-electron chi connectivity index (χ4n) is 7.26. The summed E-state index contributed by atoms with van der Waals surface area (Å²) in [7, 11) is 2.69. The molecule has 0 aromatic heterocycles. The first-order valence-corrected chi connectivity index (χ1v) is 23.0. The molecule has 0 saturated carbocycles. The van der Waals surface area contributed by atoms with Crippen molar-refractivity contribution in [2.45, 2.75) is 77.9 Å². The summed E-state index contributed by atoms with van der Waals surface area (Å²) >= 11 is 0. The lowest BCUT2D eigenvalue weighted by atomic mass is 10.0. The number of rotatable bonds is 22. The molecule has 3 aromatic rings. The molecular weight excluding hydrogens is 849 g/mol. The monoisotopic (exact) mass is 921 g/mol. The molecule has 3 aromatic carbocycles. The second-order valence-corrected chi connectivity index (χ2v) is 16.8. The second-order valence-electron chi connectivity index (χ2n) is 16.8. The van der Waals surface area contributed by atoms with Crippen LogP contribution in [0.25, 0.3) is 0 Å². The summed E-state index contributed by atoms with van der Waals surface area (Å²) in [6, 6.07) is 25.2. The first kappa shape index (κ1) is 53.4. The average molecular weight is 921 g/mol. The standard InChI is InChI=1S/C50H72N4O12/c1-7-61-33-34-62-35-36-63-43-23-21-40(22-24-43)19-14-20-44(46(55)59-5)51-25-29-53(48(57)64-37-41-15-10-8-11-16-41)31-27-52(45(47(56)60-6)39-66-50(2,3)4)28-32-54(30-26-51)49(58)65-38-42-17-12-9-13-18-42/h8-13,15-18,21-24,44-45H,7,14,19-20,25-39H2,1-6H3/t44-,45+/m0/s1. The number of benzene rings is 3. The third-order valence-electron chi connectivity index (χ3n) is 11.0. The Balaban J connectivity index is 1.56. The fourth-order valence-corrected chi connectivity index (χ4v) is 7.26. The number of hydrogen-bond donors (Lipinski definition) is 0. The molecule has 0 spiro atoms. The van der Waals surface area contributed by atoms with Crippen molar-refractivity contribution in [3.63, 3.8) is 0 Å². The van der Waals surface area contributed by atoms with Gasteiger partial charge in [-0.2, -0.15) is 0 Å². The SMILES string of the molecule is CCOCCOCCOc1ccc(CCC[C@@H](C(=O)OC)N2CCN(C(=O)OCc3ccccc3)CCN([C@H](COC(C)(C)C)C(=O)OC)CCN(C(=O)OCc3ccccc3)CC2)cc1. The van der Waals surface area contributed by atoms with Gasteiger partial charge in [0.25, 0.3) is 0 Å². The second kappa shape index (κ2) is 29.4. The van der Waals surface area contributed by atoms with Crippen molar-refractivity contribution >= 4 is 24.1 Å². The highest BCUT2D eigenvalue weighted by molar-refractivity contribution is 5.76. The molecule has 16 nitrogen and oxygen atoms in total. The molecule has 0 bridgehead atoms. The summed E-state index contributed by atoms with van der Waals surface area (Å²) in [5.74, 6) is -0.189. The van der Waals surface area contributed by atoms with Crippen LogP contribution in [0.2, 0.25) is 0 Å². The lowest BCUT2D eigenvalue weighted by Crippen LogP contribution is -2.55. The van der Waals surface area contributed by atoms with Gasteiger partial charge in [-0.05, 0) is 75.8 Å². The Bertz CT molecular complexity index is 1780. The van der Waals surface area contributed by atoms with E-state index in [-0.39, 0.29) is 72.2 Å². The average Bonchev–Trinajstić information content (AvgIpc) is 3.32. The molecule has 0 N–H and O–H groups in total. The Labute approximate surface area is 391 Å². The van der Waals surface area contributed by atoms with Crippen LogP contribution in [0.15, 0.2) is 84.9 Å². The van der Waals surface area contributed by atoms with Crippen LogP contribution in [0.3, 0.4) is 0 Å². The van der Waals surface area contributed by atoms with E-state index >= 15 is 0 Å². The van der Waals surface area contributed by atoms with Crippen molar-refractivity contribution in [3.8, 4) is 5.75 Å². The van der Waals surface area contributed by atoms with Crippen LogP contribution >= 0.6 is 0 Å². The van der Waals surface area contributed by atoms with E-state index in [1.54, 1.807) is 9.80 Å². The Hall–Kier alpha value is -5.26. The number of aryl methyl sites for hydroxylation is 1. The van der Waals surface area contributed by atoms with Crippen LogP contribution in [0.1, 0.15) is 57.2 Å². The molecule has 2 atom stereocenters. The molecule has 16 heteroatoms. The van der Waals surface area contributed by atoms with Crippen molar-refractivity contribution in [1.82, 2.24) is 19.6 Å². The van der Waals surface area contributed by atoms with Crippen molar-refractivity contribution in [2.75, 3.05) is 106 Å². The van der Waals surface area contributed by atoms with Gasteiger partial charge in [0.1, 0.15) is 37.7 Å². The van der Waals surface area contributed by atoms with E-state index in [0.717, 1.165) is 22.4 Å². The molecule has 364 valence electrons. The molecule has 0 aliphatic carbocycles. The van der Waals surface area contributed by atoms with Gasteiger partial charge in [-0.15, -0.1) is 0 Å². The van der Waals surface area contributed by atoms with E-state index in [1.165, 1.54) is 14.2 Å². The first-order chi connectivity index (χ1) is 31.9. The highest BCUT2D eigenvalue weighted by atomic mass is 16.6. The topological polar surface area (TPSA) is 155 Å². The highest BCUT2D eigenvalue weighted by Gasteiger charge is 2.33. The Morgan fingerprint density at radius 2 is 1.05 bits per heavy atom. The Kier molecular flexibility index (Phi) is 23.8. The number of methoxy groups -OCH3 is 2. The van der Waals surface area contributed by atoms with Gasteiger partial charge in [-0.1, -0.05) is 72.8 Å². The molecule has 1 saturated heterocycles. The van der Waals surface area contributed by atoms with Crippen molar-refractivity contribution in [3.05, 3.63) is 102 Å². The van der Waals surface area contributed by atoms with E-state index in [4.69, 9.17) is 37.9 Å². The van der Waals surface area contributed by atoms with Crippen LogP contribution in [-0.2, 0) is 62.4 Å². The van der Waals surface area contributed by atoms with Gasteiger partial charge in [0.2, 0.25) is 0 Å². The van der Waals surface area contributed by atoms with Gasteiger partial charge in [0.15, 0.2) is 0 Å². The summed E-state index contributed by atoms with van der Waals surface area (Å²) < 4.78 is 45.1. The zero-order valence-corrected chi connectivity index (χ0v) is 39.9. The van der Waals surface area contributed by atoms with Crippen LogP contribution in [-0.4, -0.2) is 168 Å². The zero-order valence-electron chi connectivity index (χ0n) is 39.9. The van der Waals surface area contributed by atoms with E-state index in [0.29, 0.717) is 52.3 Å². The van der Waals surface area contributed by atoms with Crippen molar-refractivity contribution < 1.29 is 57.1 Å². The summed E-state index contributed by atoms with van der Waals surface area (Å²) in [6.07, 6.45) is 0.700. The Morgan fingerprint density at radius 1 is 0.576 bits per heavy atom. The smallest absolute Gasteiger partial charge is 0.410 e. The van der Waals surface area contributed by atoms with Gasteiger partial charge < -0.3 is 47.7 Å². The van der Waals surface area contributed by atoms with E-state index in [9.17, 15) is 19.2 Å². The molecule has 1 aliphatic heterocycles. The van der Waals surface area contributed by atoms with Gasteiger partial charge >= 0.3 is 24.1 Å². The highest BCUT2D eigenvalue weighted by Crippen LogP contribution is 2.19. The number of ether oxygens (including phenoxy) is 8. The zero-order chi connectivity index (χ0) is 47.6. The molecule has 66 heavy (non-hydrogen) atoms. The van der Waals surface area contributed by atoms with E-state index in [1.807, 2.05) is 122 Å². The number of carbonyl (C=O) groups excluding carboxylic acids is 4. The summed E-state index contributed by atoms with van der Waals surface area (Å²) in [5, 5.41) is 0. The number of amides is 2. The first-order valence-electron chi connectivity index (χ1n) is 23.0. The van der Waals surface area contributed by atoms with Gasteiger partial charge in [0.05, 0.1) is 46.2 Å². The summed E-state index contributed by atoms with van der Waals surface area (Å²) in [4.78, 5) is 62.1. The minimum atomic E-state index is -0.846. The fraction of sp³-hybridized carbons (Fsp3) is 0.560. The maximum atomic E-state index is 14.0. The van der Waals surface area contributed by atoms with Gasteiger partial charge in [-0.3, -0.25) is 19.4 Å². The van der Waals surface area contributed by atoms with E-state index < -0.39 is 41.8 Å². The Morgan fingerprint density at radius 3 is 1.53 bits per heavy atom. The quantitative estimate of drug-likeness (QED) is 0.0635. The number of carbonyl (C=O) groups is 4. The number of esters is 2. The largest absolute Gasteiger partial charge is 0.491 e. The summed E-state index contributed by atoms with van der Waals surface area (Å²) in [6.45, 7) is 12.0. The van der Waals surface area contributed by atoms with Gasteiger partial charge in [0, 0.05) is 59.0 Å². The van der Waals surface area contributed by atoms with Crippen LogP contribution in [0, 0.1) is 0 Å². The van der Waals surface area contributed by atoms with Crippen LogP contribution < -0.4 is 4.74 Å². The molecule has 4 rings (SSSR count). The maximum Gasteiger partial charge on any atom is 0.410 e.